The summed E-state index contributed by atoms with van der Waals surface area (Å²) < 4.78 is 20.5. The molecule has 0 aliphatic rings. The van der Waals surface area contributed by atoms with E-state index in [0.29, 0.717) is 12.0 Å². The van der Waals surface area contributed by atoms with Crippen molar-refractivity contribution in [3.63, 3.8) is 0 Å². The van der Waals surface area contributed by atoms with E-state index in [-0.39, 0.29) is 41.0 Å². The summed E-state index contributed by atoms with van der Waals surface area (Å²) in [4.78, 5) is 18.8. The largest absolute Gasteiger partial charge is 0.433 e. The van der Waals surface area contributed by atoms with Crippen LogP contribution in [-0.2, 0) is 4.79 Å². The molecule has 9 heteroatoms. The number of nitrogen functional groups attached to an aromatic ring is 1. The third-order valence-corrected chi connectivity index (χ3v) is 4.01. The number of amides is 1. The predicted octanol–water partition coefficient (Wildman–Crippen LogP) is 2.95. The van der Waals surface area contributed by atoms with Crippen LogP contribution in [0.5, 0.6) is 11.6 Å². The third kappa shape index (κ3) is 5.03. The molecule has 1 aromatic heterocycles. The van der Waals surface area contributed by atoms with Gasteiger partial charge in [-0.05, 0) is 19.4 Å². The first-order valence-corrected chi connectivity index (χ1v) is 8.47. The number of hydrogen-bond acceptors (Lipinski definition) is 6. The molecule has 0 saturated carbocycles. The molecule has 0 aliphatic carbocycles. The molecule has 140 valence electrons. The van der Waals surface area contributed by atoms with E-state index in [1.165, 1.54) is 12.4 Å². The van der Waals surface area contributed by atoms with Crippen molar-refractivity contribution in [2.45, 2.75) is 38.8 Å². The van der Waals surface area contributed by atoms with Gasteiger partial charge < -0.3 is 21.5 Å². The number of aromatic nitrogens is 2. The first-order valence-electron chi connectivity index (χ1n) is 8.09. The predicted molar refractivity (Wildman–Crippen MR) is 97.4 cm³/mol. The lowest BCUT2D eigenvalue weighted by molar-refractivity contribution is -0.118. The molecule has 0 aliphatic heterocycles. The molecule has 1 amide bonds. The van der Waals surface area contributed by atoms with Gasteiger partial charge in [0.05, 0.1) is 17.4 Å². The van der Waals surface area contributed by atoms with Gasteiger partial charge in [0, 0.05) is 24.1 Å². The molecule has 2 rings (SSSR count). The highest BCUT2D eigenvalue weighted by Crippen LogP contribution is 2.36. The molecular formula is C17H21ClFN5O2. The standard InChI is InChI=1S/C17H21ClFN5O2/c1-3-12(24-9(2)6-14(21)25)10-4-5-11(18)17(16(10)19)26-15-8-22-13(20)7-23-15/h4-5,7-9,12,24H,3,6H2,1-2H3,(H2,20,22)(H2,21,25)/t9-,12-/m1/s1. The molecule has 0 spiro atoms. The number of ether oxygens (including phenoxy) is 1. The van der Waals surface area contributed by atoms with Crippen molar-refractivity contribution < 1.29 is 13.9 Å². The van der Waals surface area contributed by atoms with Gasteiger partial charge in [-0.1, -0.05) is 24.6 Å². The average Bonchev–Trinajstić information content (AvgIpc) is 2.58. The van der Waals surface area contributed by atoms with E-state index in [9.17, 15) is 4.79 Å². The van der Waals surface area contributed by atoms with Gasteiger partial charge in [0.2, 0.25) is 11.8 Å². The topological polar surface area (TPSA) is 116 Å². The highest BCUT2D eigenvalue weighted by atomic mass is 35.5. The number of anilines is 1. The number of primary amides is 1. The maximum absolute atomic E-state index is 15.0. The minimum atomic E-state index is -0.609. The Morgan fingerprint density at radius 3 is 2.69 bits per heavy atom. The van der Waals surface area contributed by atoms with Crippen LogP contribution >= 0.6 is 11.6 Å². The van der Waals surface area contributed by atoms with Crippen LogP contribution in [0.25, 0.3) is 0 Å². The lowest BCUT2D eigenvalue weighted by Crippen LogP contribution is -2.34. The fourth-order valence-electron chi connectivity index (χ4n) is 2.53. The second-order valence-electron chi connectivity index (χ2n) is 5.86. The van der Waals surface area contributed by atoms with Gasteiger partial charge in [-0.25, -0.2) is 14.4 Å². The zero-order valence-corrected chi connectivity index (χ0v) is 15.3. The van der Waals surface area contributed by atoms with Crippen molar-refractivity contribution >= 4 is 23.3 Å². The number of carbonyl (C=O) groups excluding carboxylic acids is 1. The highest BCUT2D eigenvalue weighted by Gasteiger charge is 2.22. The van der Waals surface area contributed by atoms with Crippen LogP contribution in [0.2, 0.25) is 5.02 Å². The lowest BCUT2D eigenvalue weighted by atomic mass is 10.0. The van der Waals surface area contributed by atoms with Crippen molar-refractivity contribution in [3.8, 4) is 11.6 Å². The Hall–Kier alpha value is -2.45. The van der Waals surface area contributed by atoms with Crippen molar-refractivity contribution in [2.75, 3.05) is 5.73 Å². The molecule has 0 unspecified atom stereocenters. The number of rotatable bonds is 8. The smallest absolute Gasteiger partial charge is 0.238 e. The summed E-state index contributed by atoms with van der Waals surface area (Å²) in [5.41, 5.74) is 11.0. The van der Waals surface area contributed by atoms with E-state index >= 15 is 4.39 Å². The molecule has 2 atom stereocenters. The molecular weight excluding hydrogens is 361 g/mol. The van der Waals surface area contributed by atoms with Crippen molar-refractivity contribution in [1.82, 2.24) is 15.3 Å². The van der Waals surface area contributed by atoms with Crippen molar-refractivity contribution in [3.05, 3.63) is 40.9 Å². The number of nitrogens with two attached hydrogens (primary N) is 2. The Morgan fingerprint density at radius 1 is 1.38 bits per heavy atom. The Kier molecular flexibility index (Phi) is 6.70. The molecule has 0 fully saturated rings. The minimum Gasteiger partial charge on any atom is -0.433 e. The van der Waals surface area contributed by atoms with E-state index in [2.05, 4.69) is 15.3 Å². The highest BCUT2D eigenvalue weighted by molar-refractivity contribution is 6.32. The summed E-state index contributed by atoms with van der Waals surface area (Å²) in [5, 5.41) is 3.29. The Morgan fingerprint density at radius 2 is 2.12 bits per heavy atom. The quantitative estimate of drug-likeness (QED) is 0.647. The van der Waals surface area contributed by atoms with Crippen LogP contribution in [-0.4, -0.2) is 21.9 Å². The van der Waals surface area contributed by atoms with Gasteiger partial charge in [-0.15, -0.1) is 0 Å². The lowest BCUT2D eigenvalue weighted by Gasteiger charge is -2.23. The molecule has 0 radical (unpaired) electrons. The van der Waals surface area contributed by atoms with Gasteiger partial charge in [-0.2, -0.15) is 0 Å². The van der Waals surface area contributed by atoms with Crippen LogP contribution in [0.15, 0.2) is 24.5 Å². The molecule has 1 aromatic carbocycles. The van der Waals surface area contributed by atoms with Gasteiger partial charge in [0.25, 0.3) is 0 Å². The van der Waals surface area contributed by atoms with Crippen LogP contribution in [0.1, 0.15) is 38.3 Å². The Balaban J connectivity index is 2.28. The number of nitrogens with one attached hydrogen (secondary N) is 1. The summed E-state index contributed by atoms with van der Waals surface area (Å²) >= 11 is 6.09. The van der Waals surface area contributed by atoms with Crippen LogP contribution in [0.3, 0.4) is 0 Å². The summed E-state index contributed by atoms with van der Waals surface area (Å²) in [7, 11) is 0. The van der Waals surface area contributed by atoms with Crippen molar-refractivity contribution in [1.29, 1.82) is 0 Å². The fourth-order valence-corrected chi connectivity index (χ4v) is 2.71. The second-order valence-corrected chi connectivity index (χ2v) is 6.27. The maximum atomic E-state index is 15.0. The first kappa shape index (κ1) is 19.9. The monoisotopic (exact) mass is 381 g/mol. The zero-order chi connectivity index (χ0) is 19.3. The molecule has 0 bridgehead atoms. The van der Waals surface area contributed by atoms with Crippen LogP contribution in [0, 0.1) is 5.82 Å². The van der Waals surface area contributed by atoms with Gasteiger partial charge >= 0.3 is 0 Å². The summed E-state index contributed by atoms with van der Waals surface area (Å²) in [6.45, 7) is 3.71. The van der Waals surface area contributed by atoms with E-state index < -0.39 is 11.7 Å². The molecule has 7 nitrogen and oxygen atoms in total. The Bertz CT molecular complexity index is 772. The Labute approximate surface area is 155 Å². The van der Waals surface area contributed by atoms with E-state index in [4.69, 9.17) is 27.8 Å². The number of halogens is 2. The van der Waals surface area contributed by atoms with Crippen LogP contribution < -0.4 is 21.5 Å². The maximum Gasteiger partial charge on any atom is 0.238 e. The van der Waals surface area contributed by atoms with E-state index in [1.807, 2.05) is 13.8 Å². The van der Waals surface area contributed by atoms with E-state index in [0.717, 1.165) is 0 Å². The van der Waals surface area contributed by atoms with Crippen LogP contribution in [0.4, 0.5) is 10.2 Å². The summed E-state index contributed by atoms with van der Waals surface area (Å²) in [6, 6.07) is 2.57. The van der Waals surface area contributed by atoms with Gasteiger partial charge in [0.15, 0.2) is 11.6 Å². The molecule has 26 heavy (non-hydrogen) atoms. The molecule has 1 heterocycles. The van der Waals surface area contributed by atoms with Gasteiger partial charge in [-0.3, -0.25) is 4.79 Å². The number of benzene rings is 1. The fraction of sp³-hybridized carbons (Fsp3) is 0.353. The summed E-state index contributed by atoms with van der Waals surface area (Å²) in [6.07, 6.45) is 3.31. The summed E-state index contributed by atoms with van der Waals surface area (Å²) in [5.74, 6) is -0.896. The first-order chi connectivity index (χ1) is 12.3. The van der Waals surface area contributed by atoms with Gasteiger partial charge in [0.1, 0.15) is 5.82 Å². The SMILES string of the molecule is CC[C@@H](N[C@H](C)CC(N)=O)c1ccc(Cl)c(Oc2cnc(N)cn2)c1F. The normalized spacial score (nSPS) is 13.2. The number of nitrogens with zero attached hydrogens (tertiary/aromatic N) is 2. The molecule has 0 saturated heterocycles. The molecule has 2 aromatic rings. The number of carbonyl (C=O) groups is 1. The number of hydrogen-bond donors (Lipinski definition) is 3. The minimum absolute atomic E-state index is 0.0697. The molecule has 5 N–H and O–H groups in total. The van der Waals surface area contributed by atoms with Crippen molar-refractivity contribution in [2.24, 2.45) is 5.73 Å². The average molecular weight is 382 g/mol. The van der Waals surface area contributed by atoms with E-state index in [1.54, 1.807) is 12.1 Å². The third-order valence-electron chi connectivity index (χ3n) is 3.71. The second kappa shape index (κ2) is 8.77. The zero-order valence-electron chi connectivity index (χ0n) is 14.5.